The molecule has 0 aromatic rings. The summed E-state index contributed by atoms with van der Waals surface area (Å²) < 4.78 is 5.26. The average molecular weight is 256 g/mol. The molecule has 1 N–H and O–H groups in total. The van der Waals surface area contributed by atoms with E-state index in [4.69, 9.17) is 4.74 Å². The zero-order chi connectivity index (χ0) is 13.8. The Morgan fingerprint density at radius 1 is 1.28 bits per heavy atom. The predicted octanol–water partition coefficient (Wildman–Crippen LogP) is 1.51. The molecule has 0 saturated carbocycles. The molecule has 0 aromatic heterocycles. The summed E-state index contributed by atoms with van der Waals surface area (Å²) in [4.78, 5) is 14.1. The standard InChI is InChI=1S/C14H28N2O2/c1-11(14(3,4)5)10-15-12(2)13(17)16-6-8-18-9-7-16/h11-12,15H,6-10H2,1-5H3. The second-order valence-corrected chi connectivity index (χ2v) is 6.33. The lowest BCUT2D eigenvalue weighted by Crippen LogP contribution is -2.50. The predicted molar refractivity (Wildman–Crippen MR) is 73.5 cm³/mol. The first-order valence-electron chi connectivity index (χ1n) is 6.92. The maximum absolute atomic E-state index is 12.2. The lowest BCUT2D eigenvalue weighted by Gasteiger charge is -2.32. The Labute approximate surface area is 111 Å². The summed E-state index contributed by atoms with van der Waals surface area (Å²) in [6, 6.07) is -0.104. The van der Waals surface area contributed by atoms with Crippen molar-refractivity contribution < 1.29 is 9.53 Å². The highest BCUT2D eigenvalue weighted by Gasteiger charge is 2.24. The number of nitrogens with one attached hydrogen (secondary N) is 1. The van der Waals surface area contributed by atoms with E-state index in [9.17, 15) is 4.79 Å². The molecule has 2 atom stereocenters. The summed E-state index contributed by atoms with van der Waals surface area (Å²) in [5.74, 6) is 0.733. The Balaban J connectivity index is 2.35. The summed E-state index contributed by atoms with van der Waals surface area (Å²) in [6.45, 7) is 14.5. The lowest BCUT2D eigenvalue weighted by molar-refractivity contribution is -0.137. The van der Waals surface area contributed by atoms with Gasteiger partial charge in [-0.3, -0.25) is 4.79 Å². The molecule has 2 unspecified atom stereocenters. The van der Waals surface area contributed by atoms with E-state index in [1.165, 1.54) is 0 Å². The molecule has 1 amide bonds. The molecule has 1 fully saturated rings. The van der Waals surface area contributed by atoms with Crippen molar-refractivity contribution in [2.45, 2.75) is 40.7 Å². The smallest absolute Gasteiger partial charge is 0.239 e. The molecule has 1 aliphatic heterocycles. The second kappa shape index (κ2) is 6.53. The summed E-state index contributed by atoms with van der Waals surface area (Å²) in [6.07, 6.45) is 0. The van der Waals surface area contributed by atoms with Crippen LogP contribution in [0.3, 0.4) is 0 Å². The number of morpholine rings is 1. The lowest BCUT2D eigenvalue weighted by atomic mass is 9.82. The van der Waals surface area contributed by atoms with Gasteiger partial charge in [-0.15, -0.1) is 0 Å². The van der Waals surface area contributed by atoms with E-state index in [1.807, 2.05) is 11.8 Å². The van der Waals surface area contributed by atoms with Crippen LogP contribution in [0, 0.1) is 11.3 Å². The van der Waals surface area contributed by atoms with E-state index >= 15 is 0 Å². The van der Waals surface area contributed by atoms with E-state index in [0.717, 1.165) is 19.6 Å². The Hall–Kier alpha value is -0.610. The molecular formula is C14H28N2O2. The fraction of sp³-hybridized carbons (Fsp3) is 0.929. The Kier molecular flexibility index (Phi) is 5.60. The summed E-state index contributed by atoms with van der Waals surface area (Å²) in [7, 11) is 0. The van der Waals surface area contributed by atoms with Gasteiger partial charge >= 0.3 is 0 Å². The summed E-state index contributed by atoms with van der Waals surface area (Å²) >= 11 is 0. The average Bonchev–Trinajstić information content (AvgIpc) is 2.34. The molecule has 0 radical (unpaired) electrons. The number of nitrogens with zero attached hydrogens (tertiary/aromatic N) is 1. The summed E-state index contributed by atoms with van der Waals surface area (Å²) in [5, 5.41) is 3.35. The van der Waals surface area contributed by atoms with E-state index in [1.54, 1.807) is 0 Å². The van der Waals surface area contributed by atoms with Gasteiger partial charge in [-0.1, -0.05) is 27.7 Å². The van der Waals surface area contributed by atoms with E-state index in [-0.39, 0.29) is 17.4 Å². The molecule has 1 heterocycles. The van der Waals surface area contributed by atoms with Gasteiger partial charge in [0.1, 0.15) is 0 Å². The molecule has 0 bridgehead atoms. The van der Waals surface area contributed by atoms with Crippen molar-refractivity contribution in [1.29, 1.82) is 0 Å². The third kappa shape index (κ3) is 4.58. The molecular weight excluding hydrogens is 228 g/mol. The van der Waals surface area contributed by atoms with Crippen LogP contribution < -0.4 is 5.32 Å². The molecule has 18 heavy (non-hydrogen) atoms. The van der Waals surface area contributed by atoms with Crippen molar-refractivity contribution in [1.82, 2.24) is 10.2 Å². The van der Waals surface area contributed by atoms with E-state index < -0.39 is 0 Å². The van der Waals surface area contributed by atoms with Crippen LogP contribution in [-0.2, 0) is 9.53 Å². The number of hydrogen-bond acceptors (Lipinski definition) is 3. The van der Waals surface area contributed by atoms with E-state index in [2.05, 4.69) is 33.0 Å². The van der Waals surface area contributed by atoms with Crippen molar-refractivity contribution in [3.8, 4) is 0 Å². The molecule has 106 valence electrons. The molecule has 0 spiro atoms. The summed E-state index contributed by atoms with van der Waals surface area (Å²) in [5.41, 5.74) is 0.273. The molecule has 4 heteroatoms. The normalized spacial score (nSPS) is 20.6. The van der Waals surface area contributed by atoms with Gasteiger partial charge in [-0.05, 0) is 24.8 Å². The zero-order valence-corrected chi connectivity index (χ0v) is 12.5. The maximum Gasteiger partial charge on any atom is 0.239 e. The molecule has 0 aliphatic carbocycles. The van der Waals surface area contributed by atoms with Crippen molar-refractivity contribution in [2.24, 2.45) is 11.3 Å². The highest BCUT2D eigenvalue weighted by molar-refractivity contribution is 5.81. The number of ether oxygens (including phenoxy) is 1. The SMILES string of the molecule is CC(NCC(C)C(C)(C)C)C(=O)N1CCOCC1. The van der Waals surface area contributed by atoms with Gasteiger partial charge in [0.05, 0.1) is 19.3 Å². The van der Waals surface area contributed by atoms with Crippen LogP contribution in [0.4, 0.5) is 0 Å². The van der Waals surface area contributed by atoms with Gasteiger partial charge in [0.2, 0.25) is 5.91 Å². The van der Waals surface area contributed by atoms with Crippen LogP contribution in [0.2, 0.25) is 0 Å². The van der Waals surface area contributed by atoms with Gasteiger partial charge in [-0.25, -0.2) is 0 Å². The molecule has 1 rings (SSSR count). The van der Waals surface area contributed by atoms with Crippen LogP contribution in [0.1, 0.15) is 34.6 Å². The van der Waals surface area contributed by atoms with Gasteiger partial charge in [0.15, 0.2) is 0 Å². The van der Waals surface area contributed by atoms with Crippen LogP contribution >= 0.6 is 0 Å². The van der Waals surface area contributed by atoms with Crippen LogP contribution in [0.25, 0.3) is 0 Å². The fourth-order valence-electron chi connectivity index (χ4n) is 1.80. The van der Waals surface area contributed by atoms with Gasteiger partial charge in [0.25, 0.3) is 0 Å². The minimum atomic E-state index is -0.104. The van der Waals surface area contributed by atoms with Crippen LogP contribution in [0.5, 0.6) is 0 Å². The Morgan fingerprint density at radius 2 is 1.83 bits per heavy atom. The molecule has 4 nitrogen and oxygen atoms in total. The third-order valence-electron chi connectivity index (χ3n) is 3.90. The van der Waals surface area contributed by atoms with Gasteiger partial charge in [0, 0.05) is 13.1 Å². The first-order valence-corrected chi connectivity index (χ1v) is 6.92. The minimum Gasteiger partial charge on any atom is -0.378 e. The topological polar surface area (TPSA) is 41.6 Å². The van der Waals surface area contributed by atoms with Crippen molar-refractivity contribution in [2.75, 3.05) is 32.8 Å². The van der Waals surface area contributed by atoms with Crippen LogP contribution in [0.15, 0.2) is 0 Å². The van der Waals surface area contributed by atoms with Gasteiger partial charge < -0.3 is 15.0 Å². The highest BCUT2D eigenvalue weighted by Crippen LogP contribution is 2.24. The minimum absolute atomic E-state index is 0.104. The maximum atomic E-state index is 12.2. The van der Waals surface area contributed by atoms with Crippen molar-refractivity contribution in [3.63, 3.8) is 0 Å². The molecule has 1 saturated heterocycles. The monoisotopic (exact) mass is 256 g/mol. The largest absolute Gasteiger partial charge is 0.378 e. The second-order valence-electron chi connectivity index (χ2n) is 6.33. The zero-order valence-electron chi connectivity index (χ0n) is 12.5. The quantitative estimate of drug-likeness (QED) is 0.829. The third-order valence-corrected chi connectivity index (χ3v) is 3.90. The Morgan fingerprint density at radius 3 is 2.33 bits per heavy atom. The molecule has 1 aliphatic rings. The van der Waals surface area contributed by atoms with Crippen molar-refractivity contribution >= 4 is 5.91 Å². The first kappa shape index (κ1) is 15.4. The number of carbonyl (C=O) groups is 1. The Bertz CT molecular complexity index is 267. The first-order chi connectivity index (χ1) is 8.32. The number of carbonyl (C=O) groups excluding carboxylic acids is 1. The number of amides is 1. The number of hydrogen-bond donors (Lipinski definition) is 1. The van der Waals surface area contributed by atoms with Gasteiger partial charge in [-0.2, -0.15) is 0 Å². The van der Waals surface area contributed by atoms with Crippen LogP contribution in [-0.4, -0.2) is 49.7 Å². The molecule has 0 aromatic carbocycles. The van der Waals surface area contributed by atoms with Crippen molar-refractivity contribution in [3.05, 3.63) is 0 Å². The van der Waals surface area contributed by atoms with E-state index in [0.29, 0.717) is 19.1 Å². The fourth-order valence-corrected chi connectivity index (χ4v) is 1.80. The number of rotatable bonds is 4. The highest BCUT2D eigenvalue weighted by atomic mass is 16.5.